The number of hydrogen-bond acceptors (Lipinski definition) is 6. The lowest BCUT2D eigenvalue weighted by molar-refractivity contribution is 0.183. The smallest absolute Gasteiger partial charge is 0.254 e. The van der Waals surface area contributed by atoms with Crippen LogP contribution in [0.15, 0.2) is 22.2 Å². The van der Waals surface area contributed by atoms with Crippen LogP contribution in [0.25, 0.3) is 11.0 Å². The topological polar surface area (TPSA) is 83.0 Å². The van der Waals surface area contributed by atoms with Crippen molar-refractivity contribution >= 4 is 36.8 Å². The molecule has 1 aliphatic rings. The van der Waals surface area contributed by atoms with Gasteiger partial charge in [0.15, 0.2) is 13.5 Å². The minimum absolute atomic E-state index is 0.0833. The summed E-state index contributed by atoms with van der Waals surface area (Å²) in [7, 11) is -1.83. The number of pyridine rings is 1. The minimum Gasteiger partial charge on any atom is -0.414 e. The molecule has 0 amide bonds. The SMILES string of the molecule is CSc1ncc2c(N)cc(=O)n([C@H]3CC[C@H](O[Si](C)(C)C(C)(C)C)C3)c2n1. The molecule has 2 aromatic heterocycles. The first-order valence-corrected chi connectivity index (χ1v) is 13.6. The highest BCUT2D eigenvalue weighted by molar-refractivity contribution is 7.98. The van der Waals surface area contributed by atoms with E-state index in [1.54, 1.807) is 6.20 Å². The van der Waals surface area contributed by atoms with Gasteiger partial charge in [-0.3, -0.25) is 9.36 Å². The molecule has 1 fully saturated rings. The number of rotatable bonds is 4. The van der Waals surface area contributed by atoms with E-state index in [2.05, 4.69) is 43.8 Å². The number of nitrogens with zero attached hydrogens (tertiary/aromatic N) is 3. The zero-order chi connectivity index (χ0) is 20.0. The second-order valence-electron chi connectivity index (χ2n) is 8.87. The number of anilines is 1. The molecule has 0 saturated heterocycles. The van der Waals surface area contributed by atoms with Crippen LogP contribution in [0.5, 0.6) is 0 Å². The Morgan fingerprint density at radius 2 is 2.04 bits per heavy atom. The van der Waals surface area contributed by atoms with Crippen LogP contribution in [-0.4, -0.2) is 35.2 Å². The van der Waals surface area contributed by atoms with Crippen molar-refractivity contribution in [2.45, 2.75) is 75.5 Å². The molecular formula is C19H30N4O2SSi. The largest absolute Gasteiger partial charge is 0.414 e. The number of fused-ring (bicyclic) bond motifs is 1. The first-order valence-electron chi connectivity index (χ1n) is 9.43. The number of aromatic nitrogens is 3. The van der Waals surface area contributed by atoms with E-state index in [0.29, 0.717) is 16.5 Å². The van der Waals surface area contributed by atoms with E-state index >= 15 is 0 Å². The average molecular weight is 407 g/mol. The third-order valence-electron chi connectivity index (χ3n) is 5.97. The third-order valence-corrected chi connectivity index (χ3v) is 11.1. The van der Waals surface area contributed by atoms with Gasteiger partial charge in [0.25, 0.3) is 5.56 Å². The van der Waals surface area contributed by atoms with E-state index in [1.165, 1.54) is 17.8 Å². The highest BCUT2D eigenvalue weighted by atomic mass is 32.2. The molecule has 3 rings (SSSR count). The van der Waals surface area contributed by atoms with Gasteiger partial charge in [0.2, 0.25) is 0 Å². The van der Waals surface area contributed by atoms with Gasteiger partial charge in [-0.1, -0.05) is 32.5 Å². The molecule has 0 bridgehead atoms. The third kappa shape index (κ3) is 3.93. The normalized spacial score (nSPS) is 21.1. The molecule has 1 aliphatic carbocycles. The Morgan fingerprint density at radius 1 is 1.33 bits per heavy atom. The Hall–Kier alpha value is -1.38. The molecule has 0 aromatic carbocycles. The summed E-state index contributed by atoms with van der Waals surface area (Å²) in [4.78, 5) is 21.7. The summed E-state index contributed by atoms with van der Waals surface area (Å²) in [6.07, 6.45) is 6.56. The standard InChI is InChI=1S/C19H30N4O2SSi/c1-19(2,3)27(5,6)25-13-8-7-12(9-13)23-16(24)10-15(20)14-11-21-18(26-4)22-17(14)23/h10-13H,7-9,20H2,1-6H3/t12-,13-/m0/s1. The summed E-state index contributed by atoms with van der Waals surface area (Å²) >= 11 is 1.46. The lowest BCUT2D eigenvalue weighted by atomic mass is 10.2. The lowest BCUT2D eigenvalue weighted by Gasteiger charge is -2.38. The Kier molecular flexibility index (Phi) is 5.44. The van der Waals surface area contributed by atoms with Crippen LogP contribution in [0.4, 0.5) is 5.69 Å². The molecule has 2 aromatic rings. The van der Waals surface area contributed by atoms with Crippen molar-refractivity contribution in [2.75, 3.05) is 12.0 Å². The lowest BCUT2D eigenvalue weighted by Crippen LogP contribution is -2.43. The molecule has 148 valence electrons. The summed E-state index contributed by atoms with van der Waals surface area (Å²) in [5.74, 6) is 0. The number of nitrogen functional groups attached to an aromatic ring is 1. The number of thioether (sulfide) groups is 1. The van der Waals surface area contributed by atoms with Gasteiger partial charge in [-0.15, -0.1) is 0 Å². The van der Waals surface area contributed by atoms with Crippen LogP contribution >= 0.6 is 11.8 Å². The van der Waals surface area contributed by atoms with E-state index in [1.807, 2.05) is 10.8 Å². The van der Waals surface area contributed by atoms with E-state index in [0.717, 1.165) is 24.6 Å². The quantitative estimate of drug-likeness (QED) is 0.465. The molecule has 2 heterocycles. The van der Waals surface area contributed by atoms with Crippen molar-refractivity contribution in [1.29, 1.82) is 0 Å². The number of hydrogen-bond donors (Lipinski definition) is 1. The first-order chi connectivity index (χ1) is 12.5. The molecule has 2 N–H and O–H groups in total. The molecule has 27 heavy (non-hydrogen) atoms. The second kappa shape index (κ2) is 7.22. The minimum atomic E-state index is -1.83. The number of nitrogens with two attached hydrogens (primary N) is 1. The van der Waals surface area contributed by atoms with Gasteiger partial charge in [-0.2, -0.15) is 0 Å². The van der Waals surface area contributed by atoms with E-state index < -0.39 is 8.32 Å². The van der Waals surface area contributed by atoms with Gasteiger partial charge in [0.1, 0.15) is 5.65 Å². The predicted octanol–water partition coefficient (Wildman–Crippen LogP) is 4.21. The van der Waals surface area contributed by atoms with Gasteiger partial charge < -0.3 is 10.2 Å². The van der Waals surface area contributed by atoms with Gasteiger partial charge in [-0.05, 0) is 43.7 Å². The maximum absolute atomic E-state index is 12.8. The summed E-state index contributed by atoms with van der Waals surface area (Å²) < 4.78 is 8.41. The zero-order valence-electron chi connectivity index (χ0n) is 17.1. The van der Waals surface area contributed by atoms with Crippen molar-refractivity contribution in [3.05, 3.63) is 22.6 Å². The summed E-state index contributed by atoms with van der Waals surface area (Å²) in [5, 5.41) is 1.56. The van der Waals surface area contributed by atoms with Crippen molar-refractivity contribution in [3.8, 4) is 0 Å². The zero-order valence-corrected chi connectivity index (χ0v) is 18.9. The molecule has 0 aliphatic heterocycles. The molecule has 8 heteroatoms. The van der Waals surface area contributed by atoms with Gasteiger partial charge in [-0.25, -0.2) is 9.97 Å². The first kappa shape index (κ1) is 20.4. The van der Waals surface area contributed by atoms with Crippen molar-refractivity contribution in [3.63, 3.8) is 0 Å². The second-order valence-corrected chi connectivity index (χ2v) is 14.4. The Bertz CT molecular complexity index is 907. The van der Waals surface area contributed by atoms with Crippen LogP contribution in [0.2, 0.25) is 18.1 Å². The monoisotopic (exact) mass is 406 g/mol. The molecule has 0 radical (unpaired) electrons. The molecule has 0 unspecified atom stereocenters. The van der Waals surface area contributed by atoms with E-state index in [-0.39, 0.29) is 22.7 Å². The van der Waals surface area contributed by atoms with Crippen molar-refractivity contribution in [2.24, 2.45) is 0 Å². The van der Waals surface area contributed by atoms with Crippen LogP contribution in [0.3, 0.4) is 0 Å². The highest BCUT2D eigenvalue weighted by Gasteiger charge is 2.41. The Labute approximate surface area is 166 Å². The fourth-order valence-corrected chi connectivity index (χ4v) is 5.17. The fourth-order valence-electron chi connectivity index (χ4n) is 3.43. The predicted molar refractivity (Wildman–Crippen MR) is 115 cm³/mol. The van der Waals surface area contributed by atoms with Gasteiger partial charge in [0, 0.05) is 30.1 Å². The fraction of sp³-hybridized carbons (Fsp3) is 0.632. The highest BCUT2D eigenvalue weighted by Crippen LogP contribution is 2.41. The van der Waals surface area contributed by atoms with E-state index in [4.69, 9.17) is 10.2 Å². The average Bonchev–Trinajstić information content (AvgIpc) is 3.00. The molecule has 0 spiro atoms. The molecule has 2 atom stereocenters. The van der Waals surface area contributed by atoms with Crippen molar-refractivity contribution < 1.29 is 4.43 Å². The summed E-state index contributed by atoms with van der Waals surface area (Å²) in [5.41, 5.74) is 7.03. The van der Waals surface area contributed by atoms with Gasteiger partial charge in [0.05, 0.1) is 5.39 Å². The summed E-state index contributed by atoms with van der Waals surface area (Å²) in [6, 6.07) is 1.58. The van der Waals surface area contributed by atoms with Crippen molar-refractivity contribution in [1.82, 2.24) is 14.5 Å². The van der Waals surface area contributed by atoms with Crippen LogP contribution in [0, 0.1) is 0 Å². The Balaban J connectivity index is 1.94. The van der Waals surface area contributed by atoms with Gasteiger partial charge >= 0.3 is 0 Å². The Morgan fingerprint density at radius 3 is 2.67 bits per heavy atom. The van der Waals surface area contributed by atoms with Crippen LogP contribution in [-0.2, 0) is 4.43 Å². The summed E-state index contributed by atoms with van der Waals surface area (Å²) in [6.45, 7) is 11.3. The maximum Gasteiger partial charge on any atom is 0.254 e. The molecular weight excluding hydrogens is 376 g/mol. The van der Waals surface area contributed by atoms with Crippen LogP contribution in [0.1, 0.15) is 46.1 Å². The molecule has 6 nitrogen and oxygen atoms in total. The van der Waals surface area contributed by atoms with Crippen LogP contribution < -0.4 is 11.3 Å². The maximum atomic E-state index is 12.8. The van der Waals surface area contributed by atoms with E-state index in [9.17, 15) is 4.79 Å². The molecule has 1 saturated carbocycles.